The number of amides is 1. The Morgan fingerprint density at radius 3 is 1.88 bits per heavy atom. The lowest BCUT2D eigenvalue weighted by molar-refractivity contribution is -0.297. The maximum Gasteiger partial charge on any atom is 0.573 e. The Hall–Kier alpha value is -3.49. The van der Waals surface area contributed by atoms with Crippen LogP contribution in [0.3, 0.4) is 0 Å². The molecular formula is C17H11F3NO5-. The zero-order chi connectivity index (χ0) is 19.2. The molecule has 26 heavy (non-hydrogen) atoms. The van der Waals surface area contributed by atoms with Gasteiger partial charge in [-0.2, -0.15) is 0 Å². The van der Waals surface area contributed by atoms with E-state index in [1.54, 1.807) is 0 Å². The Labute approximate surface area is 145 Å². The van der Waals surface area contributed by atoms with Crippen molar-refractivity contribution in [2.45, 2.75) is 6.36 Å². The number of carboxylic acid groups (broad SMARTS) is 1. The van der Waals surface area contributed by atoms with Crippen molar-refractivity contribution in [1.29, 1.82) is 0 Å². The predicted octanol–water partition coefficient (Wildman–Crippen LogP) is 2.62. The van der Waals surface area contributed by atoms with E-state index in [-0.39, 0.29) is 11.5 Å². The van der Waals surface area contributed by atoms with Crippen LogP contribution in [0, 0.1) is 0 Å². The number of hydrogen-bond acceptors (Lipinski definition) is 5. The van der Waals surface area contributed by atoms with Crippen LogP contribution in [-0.4, -0.2) is 18.2 Å². The van der Waals surface area contributed by atoms with E-state index in [2.05, 4.69) is 10.1 Å². The Balaban J connectivity index is 1.94. The number of carbonyl (C=O) groups excluding carboxylic acids is 2. The van der Waals surface area contributed by atoms with Crippen LogP contribution in [0.15, 0.2) is 60.7 Å². The van der Waals surface area contributed by atoms with E-state index in [0.29, 0.717) is 17.5 Å². The predicted molar refractivity (Wildman–Crippen MR) is 82.4 cm³/mol. The standard InChI is InChI=1S/C17H12F3NO5/c18-17(19,20)26-14-7-5-13(6-8-14)25-12-3-1-11(2-4-12)21-15(22)9-10-16(23)24/h1-10H,(H,21,22)(H,23,24)/p-1/b10-9+. The number of hydrogen-bond donors (Lipinski definition) is 1. The molecule has 0 radical (unpaired) electrons. The van der Waals surface area contributed by atoms with Crippen LogP contribution < -0.4 is 19.9 Å². The molecule has 136 valence electrons. The molecule has 6 nitrogen and oxygen atoms in total. The number of rotatable bonds is 6. The minimum atomic E-state index is -4.77. The van der Waals surface area contributed by atoms with Gasteiger partial charge in [-0.3, -0.25) is 4.79 Å². The smallest absolute Gasteiger partial charge is 0.545 e. The average Bonchev–Trinajstić information content (AvgIpc) is 2.55. The fourth-order valence-electron chi connectivity index (χ4n) is 1.78. The van der Waals surface area contributed by atoms with Crippen LogP contribution in [-0.2, 0) is 9.59 Å². The molecule has 0 unspecified atom stereocenters. The second-order valence-corrected chi connectivity index (χ2v) is 4.79. The minimum Gasteiger partial charge on any atom is -0.545 e. The summed E-state index contributed by atoms with van der Waals surface area (Å²) in [7, 11) is 0. The van der Waals surface area contributed by atoms with Crippen LogP contribution >= 0.6 is 0 Å². The molecule has 0 saturated heterocycles. The van der Waals surface area contributed by atoms with Gasteiger partial charge in [0.1, 0.15) is 17.2 Å². The molecular weight excluding hydrogens is 355 g/mol. The normalized spacial score (nSPS) is 11.2. The average molecular weight is 366 g/mol. The summed E-state index contributed by atoms with van der Waals surface area (Å²) in [6, 6.07) is 10.9. The number of alkyl halides is 3. The second-order valence-electron chi connectivity index (χ2n) is 4.79. The summed E-state index contributed by atoms with van der Waals surface area (Å²) >= 11 is 0. The van der Waals surface area contributed by atoms with Crippen LogP contribution in [0.4, 0.5) is 18.9 Å². The Bertz CT molecular complexity index is 799. The molecule has 0 saturated carbocycles. The van der Waals surface area contributed by atoms with Crippen molar-refractivity contribution < 1.29 is 37.3 Å². The SMILES string of the molecule is O=C([O-])/C=C/C(=O)Nc1ccc(Oc2ccc(OC(F)(F)F)cc2)cc1. The first-order valence-electron chi connectivity index (χ1n) is 7.05. The zero-order valence-electron chi connectivity index (χ0n) is 12.9. The van der Waals surface area contributed by atoms with E-state index in [0.717, 1.165) is 18.2 Å². The van der Waals surface area contributed by atoms with Gasteiger partial charge in [-0.15, -0.1) is 13.2 Å². The van der Waals surface area contributed by atoms with Gasteiger partial charge in [-0.1, -0.05) is 0 Å². The molecule has 0 fully saturated rings. The molecule has 0 atom stereocenters. The van der Waals surface area contributed by atoms with E-state index in [1.165, 1.54) is 36.4 Å². The van der Waals surface area contributed by atoms with Crippen molar-refractivity contribution in [2.75, 3.05) is 5.32 Å². The largest absolute Gasteiger partial charge is 0.573 e. The topological polar surface area (TPSA) is 87.7 Å². The monoisotopic (exact) mass is 366 g/mol. The molecule has 0 aliphatic carbocycles. The van der Waals surface area contributed by atoms with Crippen molar-refractivity contribution in [3.8, 4) is 17.2 Å². The highest BCUT2D eigenvalue weighted by atomic mass is 19.4. The molecule has 0 bridgehead atoms. The molecule has 0 aliphatic rings. The van der Waals surface area contributed by atoms with Gasteiger partial charge >= 0.3 is 6.36 Å². The Morgan fingerprint density at radius 2 is 1.38 bits per heavy atom. The van der Waals surface area contributed by atoms with Crippen LogP contribution in [0.5, 0.6) is 17.2 Å². The summed E-state index contributed by atoms with van der Waals surface area (Å²) in [5, 5.41) is 12.6. The molecule has 1 N–H and O–H groups in total. The number of carbonyl (C=O) groups is 2. The number of benzene rings is 2. The number of carboxylic acids is 1. The molecule has 2 aromatic carbocycles. The fraction of sp³-hybridized carbons (Fsp3) is 0.0588. The first-order chi connectivity index (χ1) is 12.2. The van der Waals surface area contributed by atoms with E-state index in [9.17, 15) is 27.9 Å². The molecule has 0 spiro atoms. The number of anilines is 1. The van der Waals surface area contributed by atoms with Crippen molar-refractivity contribution in [3.05, 3.63) is 60.7 Å². The van der Waals surface area contributed by atoms with E-state index >= 15 is 0 Å². The zero-order valence-corrected chi connectivity index (χ0v) is 12.9. The van der Waals surface area contributed by atoms with E-state index in [1.807, 2.05) is 0 Å². The number of nitrogens with one attached hydrogen (secondary N) is 1. The van der Waals surface area contributed by atoms with Gasteiger partial charge in [0.2, 0.25) is 5.91 Å². The van der Waals surface area contributed by atoms with Crippen LogP contribution in [0.1, 0.15) is 0 Å². The fourth-order valence-corrected chi connectivity index (χ4v) is 1.78. The van der Waals surface area contributed by atoms with Gasteiger partial charge in [0.25, 0.3) is 0 Å². The summed E-state index contributed by atoms with van der Waals surface area (Å²) in [5.41, 5.74) is 0.388. The summed E-state index contributed by atoms with van der Waals surface area (Å²) in [6.07, 6.45) is -3.36. The summed E-state index contributed by atoms with van der Waals surface area (Å²) in [6.45, 7) is 0. The Morgan fingerprint density at radius 1 is 0.885 bits per heavy atom. The highest BCUT2D eigenvalue weighted by molar-refractivity contribution is 6.02. The number of halogens is 3. The maximum atomic E-state index is 12.1. The summed E-state index contributed by atoms with van der Waals surface area (Å²) in [4.78, 5) is 21.6. The van der Waals surface area contributed by atoms with Crippen molar-refractivity contribution in [1.82, 2.24) is 0 Å². The molecule has 0 aliphatic heterocycles. The summed E-state index contributed by atoms with van der Waals surface area (Å²) < 4.78 is 45.5. The molecule has 0 heterocycles. The molecule has 0 aromatic heterocycles. The highest BCUT2D eigenvalue weighted by Gasteiger charge is 2.30. The van der Waals surface area contributed by atoms with Gasteiger partial charge in [0, 0.05) is 11.8 Å². The lowest BCUT2D eigenvalue weighted by Gasteiger charge is -2.10. The third kappa shape index (κ3) is 6.56. The first kappa shape index (κ1) is 18.8. The van der Waals surface area contributed by atoms with Gasteiger partial charge in [-0.05, 0) is 54.6 Å². The van der Waals surface area contributed by atoms with Crippen molar-refractivity contribution >= 4 is 17.6 Å². The maximum absolute atomic E-state index is 12.1. The van der Waals surface area contributed by atoms with Gasteiger partial charge < -0.3 is 24.7 Å². The van der Waals surface area contributed by atoms with Gasteiger partial charge in [0.05, 0.1) is 5.97 Å². The van der Waals surface area contributed by atoms with Crippen LogP contribution in [0.2, 0.25) is 0 Å². The molecule has 2 aromatic rings. The molecule has 1 amide bonds. The third-order valence-electron chi connectivity index (χ3n) is 2.79. The number of ether oxygens (including phenoxy) is 2. The molecule has 2 rings (SSSR count). The third-order valence-corrected chi connectivity index (χ3v) is 2.79. The number of aliphatic carboxylic acids is 1. The second kappa shape index (κ2) is 8.06. The van der Waals surface area contributed by atoms with Crippen molar-refractivity contribution in [2.24, 2.45) is 0 Å². The van der Waals surface area contributed by atoms with Gasteiger partial charge in [0.15, 0.2) is 0 Å². The van der Waals surface area contributed by atoms with E-state index in [4.69, 9.17) is 4.74 Å². The van der Waals surface area contributed by atoms with E-state index < -0.39 is 18.2 Å². The highest BCUT2D eigenvalue weighted by Crippen LogP contribution is 2.27. The quantitative estimate of drug-likeness (QED) is 0.794. The van der Waals surface area contributed by atoms with Crippen LogP contribution in [0.25, 0.3) is 0 Å². The lowest BCUT2D eigenvalue weighted by Crippen LogP contribution is -2.20. The molecule has 9 heteroatoms. The minimum absolute atomic E-state index is 0.285. The van der Waals surface area contributed by atoms with Crippen molar-refractivity contribution in [3.63, 3.8) is 0 Å². The first-order valence-corrected chi connectivity index (χ1v) is 7.05. The lowest BCUT2D eigenvalue weighted by atomic mass is 10.3. The Kier molecular flexibility index (Phi) is 5.84. The summed E-state index contributed by atoms with van der Waals surface area (Å²) in [5.74, 6) is -1.85. The van der Waals surface area contributed by atoms with Gasteiger partial charge in [-0.25, -0.2) is 0 Å².